The molecule has 2 N–H and O–H groups in total. The van der Waals surface area contributed by atoms with Crippen LogP contribution in [0.5, 0.6) is 5.75 Å². The maximum absolute atomic E-state index is 13.5. The number of hydrogen-bond acceptors (Lipinski definition) is 2. The summed E-state index contributed by atoms with van der Waals surface area (Å²) in [5, 5.41) is 0. The van der Waals surface area contributed by atoms with E-state index in [-0.39, 0.29) is 12.4 Å². The highest BCUT2D eigenvalue weighted by molar-refractivity contribution is 5.85. The van der Waals surface area contributed by atoms with Crippen molar-refractivity contribution < 1.29 is 13.5 Å². The Bertz CT molecular complexity index is 820. The lowest BCUT2D eigenvalue weighted by atomic mass is 10.0. The van der Waals surface area contributed by atoms with Gasteiger partial charge in [0.15, 0.2) is 0 Å². The van der Waals surface area contributed by atoms with Gasteiger partial charge in [-0.15, -0.1) is 12.4 Å². The van der Waals surface area contributed by atoms with Gasteiger partial charge < -0.3 is 10.5 Å². The summed E-state index contributed by atoms with van der Waals surface area (Å²) in [5.41, 5.74) is 8.64. The van der Waals surface area contributed by atoms with E-state index in [9.17, 15) is 8.78 Å². The van der Waals surface area contributed by atoms with Crippen LogP contribution in [0.1, 0.15) is 11.1 Å². The van der Waals surface area contributed by atoms with Gasteiger partial charge >= 0.3 is 0 Å². The molecule has 130 valence electrons. The fraction of sp³-hybridized carbons (Fsp3) is 0.100. The van der Waals surface area contributed by atoms with Crippen LogP contribution >= 0.6 is 12.4 Å². The first-order valence-electron chi connectivity index (χ1n) is 7.62. The number of hydrogen-bond donors (Lipinski definition) is 1. The van der Waals surface area contributed by atoms with Crippen molar-refractivity contribution in [2.24, 2.45) is 5.73 Å². The third-order valence-corrected chi connectivity index (χ3v) is 3.69. The van der Waals surface area contributed by atoms with E-state index in [0.29, 0.717) is 30.0 Å². The highest BCUT2D eigenvalue weighted by Gasteiger charge is 2.11. The number of halogens is 3. The van der Waals surface area contributed by atoms with E-state index in [2.05, 4.69) is 0 Å². The maximum atomic E-state index is 13.5. The van der Waals surface area contributed by atoms with Crippen molar-refractivity contribution >= 4 is 12.4 Å². The molecule has 0 aliphatic heterocycles. The normalized spacial score (nSPS) is 10.2. The number of ether oxygens (including phenoxy) is 1. The van der Waals surface area contributed by atoms with Crippen LogP contribution in [0.25, 0.3) is 11.1 Å². The zero-order valence-corrected chi connectivity index (χ0v) is 14.2. The summed E-state index contributed by atoms with van der Waals surface area (Å²) < 4.78 is 33.0. The fourth-order valence-corrected chi connectivity index (χ4v) is 2.50. The summed E-state index contributed by atoms with van der Waals surface area (Å²) in [4.78, 5) is 0. The van der Waals surface area contributed by atoms with E-state index in [0.717, 1.165) is 17.2 Å². The smallest absolute Gasteiger partial charge is 0.127 e. The monoisotopic (exact) mass is 361 g/mol. The first-order chi connectivity index (χ1) is 11.7. The molecule has 0 unspecified atom stereocenters. The highest BCUT2D eigenvalue weighted by Crippen LogP contribution is 2.32. The van der Waals surface area contributed by atoms with E-state index >= 15 is 0 Å². The Kier molecular flexibility index (Phi) is 6.51. The minimum absolute atomic E-state index is 0. The first-order valence-corrected chi connectivity index (χ1v) is 7.62. The largest absolute Gasteiger partial charge is 0.488 e. The number of rotatable bonds is 5. The van der Waals surface area contributed by atoms with Crippen LogP contribution in [-0.4, -0.2) is 0 Å². The Labute approximate surface area is 151 Å². The lowest BCUT2D eigenvalue weighted by Gasteiger charge is -2.14. The predicted molar refractivity (Wildman–Crippen MR) is 97.7 cm³/mol. The van der Waals surface area contributed by atoms with Crippen molar-refractivity contribution in [3.05, 3.63) is 89.5 Å². The van der Waals surface area contributed by atoms with Gasteiger partial charge in [-0.05, 0) is 34.9 Å². The second-order valence-corrected chi connectivity index (χ2v) is 5.47. The molecule has 0 fully saturated rings. The zero-order valence-electron chi connectivity index (χ0n) is 13.4. The third-order valence-electron chi connectivity index (χ3n) is 3.69. The molecule has 2 nitrogen and oxygen atoms in total. The van der Waals surface area contributed by atoms with Crippen LogP contribution < -0.4 is 10.5 Å². The van der Waals surface area contributed by atoms with Gasteiger partial charge in [-0.1, -0.05) is 42.5 Å². The predicted octanol–water partition coefficient (Wildman–Crippen LogP) is 5.09. The Hall–Kier alpha value is -2.43. The van der Waals surface area contributed by atoms with Crippen LogP contribution in [-0.2, 0) is 13.2 Å². The van der Waals surface area contributed by atoms with Crippen LogP contribution in [0.3, 0.4) is 0 Å². The molecule has 25 heavy (non-hydrogen) atoms. The molecule has 0 aliphatic rings. The van der Waals surface area contributed by atoms with Gasteiger partial charge in [0.05, 0.1) is 0 Å². The van der Waals surface area contributed by atoms with Crippen LogP contribution in [0.15, 0.2) is 66.7 Å². The van der Waals surface area contributed by atoms with Crippen LogP contribution in [0.2, 0.25) is 0 Å². The summed E-state index contributed by atoms with van der Waals surface area (Å²) in [6, 6.07) is 18.5. The van der Waals surface area contributed by atoms with Gasteiger partial charge in [-0.2, -0.15) is 0 Å². The van der Waals surface area contributed by atoms with Crippen LogP contribution in [0, 0.1) is 11.6 Å². The molecule has 0 amide bonds. The van der Waals surface area contributed by atoms with Gasteiger partial charge in [0.25, 0.3) is 0 Å². The van der Waals surface area contributed by atoms with Crippen molar-refractivity contribution in [1.82, 2.24) is 0 Å². The van der Waals surface area contributed by atoms with Gasteiger partial charge in [-0.3, -0.25) is 0 Å². The lowest BCUT2D eigenvalue weighted by Crippen LogP contribution is -2.01. The standard InChI is InChI=1S/C20H17F2NO.ClH/c21-17-9-16(10-18(22)11-17)19-7-6-15(12-23)8-20(19)24-13-14-4-2-1-3-5-14;/h1-11H,12-13,23H2;1H. The molecule has 0 bridgehead atoms. The Balaban J connectivity index is 0.00000225. The van der Waals surface area contributed by atoms with E-state index in [1.807, 2.05) is 36.4 Å². The summed E-state index contributed by atoms with van der Waals surface area (Å²) in [7, 11) is 0. The molecule has 0 aliphatic carbocycles. The van der Waals surface area contributed by atoms with Crippen molar-refractivity contribution in [3.8, 4) is 16.9 Å². The molecule has 0 saturated heterocycles. The number of nitrogens with two attached hydrogens (primary N) is 1. The molecule has 3 aromatic rings. The third kappa shape index (κ3) is 4.78. The summed E-state index contributed by atoms with van der Waals surface area (Å²) >= 11 is 0. The quantitative estimate of drug-likeness (QED) is 0.686. The molecule has 0 heterocycles. The first kappa shape index (κ1) is 18.9. The minimum Gasteiger partial charge on any atom is -0.488 e. The van der Waals surface area contributed by atoms with E-state index in [1.165, 1.54) is 12.1 Å². The van der Waals surface area contributed by atoms with Crippen molar-refractivity contribution in [1.29, 1.82) is 0 Å². The molecule has 0 atom stereocenters. The SMILES string of the molecule is Cl.NCc1ccc(-c2cc(F)cc(F)c2)c(OCc2ccccc2)c1. The molecule has 0 spiro atoms. The van der Waals surface area contributed by atoms with Gasteiger partial charge in [-0.25, -0.2) is 8.78 Å². The summed E-state index contributed by atoms with van der Waals surface area (Å²) in [6.45, 7) is 0.721. The molecule has 3 rings (SSSR count). The van der Waals surface area contributed by atoms with Gasteiger partial charge in [0.2, 0.25) is 0 Å². The topological polar surface area (TPSA) is 35.2 Å². The average molecular weight is 362 g/mol. The number of benzene rings is 3. The van der Waals surface area contributed by atoms with Gasteiger partial charge in [0, 0.05) is 18.2 Å². The summed E-state index contributed by atoms with van der Waals surface area (Å²) in [5.74, 6) is -0.698. The molecule has 0 saturated carbocycles. The van der Waals surface area contributed by atoms with E-state index in [4.69, 9.17) is 10.5 Å². The van der Waals surface area contributed by atoms with Crippen LogP contribution in [0.4, 0.5) is 8.78 Å². The zero-order chi connectivity index (χ0) is 16.9. The second-order valence-electron chi connectivity index (χ2n) is 5.47. The molecular weight excluding hydrogens is 344 g/mol. The second kappa shape index (κ2) is 8.60. The van der Waals surface area contributed by atoms with Gasteiger partial charge in [0.1, 0.15) is 24.0 Å². The molecule has 0 aromatic heterocycles. The Morgan fingerprint density at radius 1 is 0.800 bits per heavy atom. The average Bonchev–Trinajstić information content (AvgIpc) is 2.59. The Morgan fingerprint density at radius 3 is 2.12 bits per heavy atom. The van der Waals surface area contributed by atoms with E-state index in [1.54, 1.807) is 12.1 Å². The maximum Gasteiger partial charge on any atom is 0.127 e. The van der Waals surface area contributed by atoms with Crippen molar-refractivity contribution in [2.75, 3.05) is 0 Å². The minimum atomic E-state index is -0.623. The molecule has 0 radical (unpaired) electrons. The molecule has 5 heteroatoms. The molecule has 3 aromatic carbocycles. The van der Waals surface area contributed by atoms with Crippen molar-refractivity contribution in [3.63, 3.8) is 0 Å². The highest BCUT2D eigenvalue weighted by atomic mass is 35.5. The lowest BCUT2D eigenvalue weighted by molar-refractivity contribution is 0.307. The fourth-order valence-electron chi connectivity index (χ4n) is 2.50. The Morgan fingerprint density at radius 2 is 1.48 bits per heavy atom. The van der Waals surface area contributed by atoms with E-state index < -0.39 is 11.6 Å². The summed E-state index contributed by atoms with van der Waals surface area (Å²) in [6.07, 6.45) is 0. The van der Waals surface area contributed by atoms with Crippen molar-refractivity contribution in [2.45, 2.75) is 13.2 Å². The molecular formula is C20H18ClF2NO.